The van der Waals surface area contributed by atoms with Crippen molar-refractivity contribution in [2.45, 2.75) is 39.2 Å². The fraction of sp³-hybridized carbons (Fsp3) is 0.368. The number of anilines is 1. The molecule has 1 unspecified atom stereocenters. The molecule has 3 rings (SSSR count). The summed E-state index contributed by atoms with van der Waals surface area (Å²) in [4.78, 5) is 0. The van der Waals surface area contributed by atoms with E-state index in [9.17, 15) is 0 Å². The Morgan fingerprint density at radius 1 is 1.19 bits per heavy atom. The summed E-state index contributed by atoms with van der Waals surface area (Å²) in [7, 11) is 0. The summed E-state index contributed by atoms with van der Waals surface area (Å²) in [6.07, 6.45) is 3.37. The van der Waals surface area contributed by atoms with Gasteiger partial charge in [-0.25, -0.2) is 0 Å². The third-order valence-electron chi connectivity index (χ3n) is 4.03. The zero-order chi connectivity index (χ0) is 14.7. The highest BCUT2D eigenvalue weighted by Crippen LogP contribution is 2.35. The van der Waals surface area contributed by atoms with Crippen LogP contribution < -0.4 is 10.1 Å². The van der Waals surface area contributed by atoms with Crippen molar-refractivity contribution in [1.29, 1.82) is 0 Å². The second-order valence-corrected chi connectivity index (χ2v) is 5.81. The van der Waals surface area contributed by atoms with E-state index in [1.807, 2.05) is 6.07 Å². The van der Waals surface area contributed by atoms with Crippen molar-refractivity contribution >= 4 is 5.69 Å². The molecule has 2 heteroatoms. The summed E-state index contributed by atoms with van der Waals surface area (Å²) in [5.74, 6) is 0.948. The van der Waals surface area contributed by atoms with E-state index >= 15 is 0 Å². The lowest BCUT2D eigenvalue weighted by Crippen LogP contribution is -2.07. The number of ether oxygens (including phenoxy) is 1. The van der Waals surface area contributed by atoms with Crippen LogP contribution in [0.5, 0.6) is 5.75 Å². The van der Waals surface area contributed by atoms with Gasteiger partial charge in [-0.1, -0.05) is 36.8 Å². The van der Waals surface area contributed by atoms with Gasteiger partial charge >= 0.3 is 0 Å². The lowest BCUT2D eigenvalue weighted by atomic mass is 10.0. The lowest BCUT2D eigenvalue weighted by molar-refractivity contribution is 0.317. The Kier molecular flexibility index (Phi) is 4.14. The third kappa shape index (κ3) is 3.21. The van der Waals surface area contributed by atoms with Gasteiger partial charge in [0.15, 0.2) is 0 Å². The first-order valence-electron chi connectivity index (χ1n) is 7.85. The summed E-state index contributed by atoms with van der Waals surface area (Å²) >= 11 is 0. The molecule has 0 fully saturated rings. The molecule has 0 radical (unpaired) electrons. The Morgan fingerprint density at radius 3 is 2.95 bits per heavy atom. The second-order valence-electron chi connectivity index (χ2n) is 5.81. The molecule has 0 amide bonds. The number of benzene rings is 2. The Hall–Kier alpha value is -1.96. The number of hydrogen-bond donors (Lipinski definition) is 1. The van der Waals surface area contributed by atoms with Crippen LogP contribution in [0.4, 0.5) is 5.69 Å². The van der Waals surface area contributed by atoms with Gasteiger partial charge in [0.1, 0.15) is 5.75 Å². The highest BCUT2D eigenvalue weighted by Gasteiger charge is 2.22. The molecule has 2 aromatic rings. The minimum absolute atomic E-state index is 0.418. The van der Waals surface area contributed by atoms with Gasteiger partial charge in [-0.05, 0) is 49.4 Å². The van der Waals surface area contributed by atoms with Crippen LogP contribution in [0.15, 0.2) is 42.5 Å². The first-order chi connectivity index (χ1) is 10.3. The van der Waals surface area contributed by atoms with E-state index in [2.05, 4.69) is 55.6 Å². The van der Waals surface area contributed by atoms with Crippen molar-refractivity contribution < 1.29 is 4.74 Å². The third-order valence-corrected chi connectivity index (χ3v) is 4.03. The topological polar surface area (TPSA) is 21.3 Å². The molecule has 0 spiro atoms. The molecule has 0 heterocycles. The molecule has 2 nitrogen and oxygen atoms in total. The van der Waals surface area contributed by atoms with Gasteiger partial charge in [0.05, 0.1) is 12.6 Å². The monoisotopic (exact) mass is 281 g/mol. The average molecular weight is 281 g/mol. The summed E-state index contributed by atoms with van der Waals surface area (Å²) in [5.41, 5.74) is 5.41. The summed E-state index contributed by atoms with van der Waals surface area (Å²) in [5, 5.41) is 3.66. The van der Waals surface area contributed by atoms with Crippen LogP contribution >= 0.6 is 0 Å². The zero-order valence-corrected chi connectivity index (χ0v) is 12.9. The second kappa shape index (κ2) is 6.21. The van der Waals surface area contributed by atoms with Gasteiger partial charge < -0.3 is 10.1 Å². The van der Waals surface area contributed by atoms with Gasteiger partial charge in [0.2, 0.25) is 0 Å². The maximum Gasteiger partial charge on any atom is 0.121 e. The number of fused-ring (bicyclic) bond motifs is 1. The van der Waals surface area contributed by atoms with Gasteiger partial charge in [-0.2, -0.15) is 0 Å². The van der Waals surface area contributed by atoms with Crippen molar-refractivity contribution in [2.24, 2.45) is 0 Å². The molecule has 110 valence electrons. The molecule has 2 aromatic carbocycles. The van der Waals surface area contributed by atoms with Gasteiger partial charge in [0, 0.05) is 11.8 Å². The Bertz CT molecular complexity index is 621. The predicted octanol–water partition coefficient (Wildman–Crippen LogP) is 4.88. The molecule has 1 atom stereocenters. The number of aryl methyl sites for hydroxylation is 2. The van der Waals surface area contributed by atoms with Gasteiger partial charge in [-0.3, -0.25) is 0 Å². The van der Waals surface area contributed by atoms with E-state index in [0.717, 1.165) is 24.5 Å². The highest BCUT2D eigenvalue weighted by atomic mass is 16.5. The summed E-state index contributed by atoms with van der Waals surface area (Å²) in [6.45, 7) is 5.06. The predicted molar refractivity (Wildman–Crippen MR) is 88.1 cm³/mol. The van der Waals surface area contributed by atoms with Crippen molar-refractivity contribution in [2.75, 3.05) is 11.9 Å². The minimum atomic E-state index is 0.418. The lowest BCUT2D eigenvalue weighted by Gasteiger charge is -2.17. The molecular formula is C19H23NO. The quantitative estimate of drug-likeness (QED) is 0.843. The van der Waals surface area contributed by atoms with Crippen LogP contribution in [0.1, 0.15) is 42.5 Å². The number of nitrogens with one attached hydrogen (secondary N) is 1. The minimum Gasteiger partial charge on any atom is -0.494 e. The Labute approximate surface area is 127 Å². The zero-order valence-electron chi connectivity index (χ0n) is 12.9. The molecule has 1 aliphatic carbocycles. The summed E-state index contributed by atoms with van der Waals surface area (Å²) < 4.78 is 5.71. The maximum absolute atomic E-state index is 5.71. The van der Waals surface area contributed by atoms with E-state index < -0.39 is 0 Å². The van der Waals surface area contributed by atoms with Crippen LogP contribution in [-0.2, 0) is 6.42 Å². The largest absolute Gasteiger partial charge is 0.494 e. The molecule has 0 saturated heterocycles. The van der Waals surface area contributed by atoms with E-state index in [0.29, 0.717) is 6.04 Å². The van der Waals surface area contributed by atoms with E-state index in [1.54, 1.807) is 0 Å². The first-order valence-corrected chi connectivity index (χ1v) is 7.85. The standard InChI is InChI=1S/C19H23NO/c1-3-11-21-17-6-4-5-16(13-17)20-19-10-9-15-8-7-14(2)12-18(15)19/h4-8,12-13,19-20H,3,9-11H2,1-2H3. The highest BCUT2D eigenvalue weighted by molar-refractivity contribution is 5.52. The molecule has 0 aromatic heterocycles. The normalized spacial score (nSPS) is 16.6. The molecule has 1 N–H and O–H groups in total. The molecule has 0 aliphatic heterocycles. The Morgan fingerprint density at radius 2 is 2.10 bits per heavy atom. The van der Waals surface area contributed by atoms with Crippen LogP contribution in [0.2, 0.25) is 0 Å². The smallest absolute Gasteiger partial charge is 0.121 e. The van der Waals surface area contributed by atoms with Crippen molar-refractivity contribution in [1.82, 2.24) is 0 Å². The van der Waals surface area contributed by atoms with Crippen molar-refractivity contribution in [3.63, 3.8) is 0 Å². The number of hydrogen-bond acceptors (Lipinski definition) is 2. The van der Waals surface area contributed by atoms with Crippen molar-refractivity contribution in [3.8, 4) is 5.75 Å². The fourth-order valence-electron chi connectivity index (χ4n) is 2.97. The van der Waals surface area contributed by atoms with Crippen LogP contribution in [-0.4, -0.2) is 6.61 Å². The number of rotatable bonds is 5. The average Bonchev–Trinajstić information content (AvgIpc) is 2.88. The molecule has 0 saturated carbocycles. The van der Waals surface area contributed by atoms with Gasteiger partial charge in [0.25, 0.3) is 0 Å². The van der Waals surface area contributed by atoms with E-state index in [-0.39, 0.29) is 0 Å². The van der Waals surface area contributed by atoms with Crippen LogP contribution in [0.3, 0.4) is 0 Å². The summed E-state index contributed by atoms with van der Waals surface area (Å²) in [6, 6.07) is 15.5. The van der Waals surface area contributed by atoms with Crippen LogP contribution in [0.25, 0.3) is 0 Å². The fourth-order valence-corrected chi connectivity index (χ4v) is 2.97. The van der Waals surface area contributed by atoms with Crippen molar-refractivity contribution in [3.05, 3.63) is 59.2 Å². The SMILES string of the molecule is CCCOc1cccc(NC2CCc3ccc(C)cc32)c1. The van der Waals surface area contributed by atoms with E-state index in [4.69, 9.17) is 4.74 Å². The maximum atomic E-state index is 5.71. The molecule has 0 bridgehead atoms. The molecular weight excluding hydrogens is 258 g/mol. The van der Waals surface area contributed by atoms with E-state index in [1.165, 1.54) is 29.5 Å². The first kappa shape index (κ1) is 14.0. The molecule has 1 aliphatic rings. The Balaban J connectivity index is 1.75. The van der Waals surface area contributed by atoms with Crippen LogP contribution in [0, 0.1) is 6.92 Å². The molecule has 21 heavy (non-hydrogen) atoms. The van der Waals surface area contributed by atoms with Gasteiger partial charge in [-0.15, -0.1) is 0 Å².